The van der Waals surface area contributed by atoms with E-state index in [9.17, 15) is 4.79 Å². The molecule has 1 aliphatic rings. The lowest BCUT2D eigenvalue weighted by atomic mass is 10.1. The van der Waals surface area contributed by atoms with E-state index in [1.165, 1.54) is 0 Å². The van der Waals surface area contributed by atoms with Crippen LogP contribution in [-0.2, 0) is 0 Å². The van der Waals surface area contributed by atoms with Crippen LogP contribution in [0.1, 0.15) is 15.9 Å². The molecule has 0 atom stereocenters. The van der Waals surface area contributed by atoms with Gasteiger partial charge >= 0.3 is 5.97 Å². The number of aromatic carboxylic acids is 1. The number of hydrogen-bond acceptors (Lipinski definition) is 3. The van der Waals surface area contributed by atoms with Gasteiger partial charge in [-0.1, -0.05) is 6.07 Å². The summed E-state index contributed by atoms with van der Waals surface area (Å²) in [5, 5.41) is 12.4. The normalized spacial score (nSPS) is 16.2. The molecule has 0 radical (unpaired) electrons. The lowest BCUT2D eigenvalue weighted by molar-refractivity contribution is 0.0697. The highest BCUT2D eigenvalue weighted by atomic mass is 16.4. The molecule has 0 saturated carbocycles. The quantitative estimate of drug-likeness (QED) is 0.783. The predicted molar refractivity (Wildman–Crippen MR) is 63.2 cm³/mol. The highest BCUT2D eigenvalue weighted by Crippen LogP contribution is 2.22. The van der Waals surface area contributed by atoms with Crippen LogP contribution in [0.5, 0.6) is 0 Å². The zero-order chi connectivity index (χ0) is 11.5. The summed E-state index contributed by atoms with van der Waals surface area (Å²) in [5.41, 5.74) is 2.33. The summed E-state index contributed by atoms with van der Waals surface area (Å²) in [5.74, 6) is -0.853. The highest BCUT2D eigenvalue weighted by molar-refractivity contribution is 5.94. The molecule has 1 heterocycles. The second kappa shape index (κ2) is 4.53. The number of carboxylic acid groups (broad SMARTS) is 1. The van der Waals surface area contributed by atoms with Gasteiger partial charge in [0, 0.05) is 26.2 Å². The largest absolute Gasteiger partial charge is 0.478 e. The molecule has 16 heavy (non-hydrogen) atoms. The molecule has 1 saturated heterocycles. The molecular weight excluding hydrogens is 204 g/mol. The maximum absolute atomic E-state index is 11.1. The van der Waals surface area contributed by atoms with Gasteiger partial charge in [-0.15, -0.1) is 0 Å². The van der Waals surface area contributed by atoms with Crippen LogP contribution >= 0.6 is 0 Å². The van der Waals surface area contributed by atoms with Gasteiger partial charge in [0.25, 0.3) is 0 Å². The summed E-state index contributed by atoms with van der Waals surface area (Å²) >= 11 is 0. The van der Waals surface area contributed by atoms with Gasteiger partial charge in [0.15, 0.2) is 0 Å². The van der Waals surface area contributed by atoms with Gasteiger partial charge in [0.2, 0.25) is 0 Å². The van der Waals surface area contributed by atoms with Crippen LogP contribution in [0.25, 0.3) is 0 Å². The molecule has 4 heteroatoms. The second-order valence-electron chi connectivity index (χ2n) is 4.06. The van der Waals surface area contributed by atoms with E-state index in [1.807, 2.05) is 19.1 Å². The van der Waals surface area contributed by atoms with Crippen molar-refractivity contribution in [1.29, 1.82) is 0 Å². The van der Waals surface area contributed by atoms with Gasteiger partial charge in [-0.3, -0.25) is 0 Å². The third-order valence-corrected chi connectivity index (χ3v) is 2.84. The summed E-state index contributed by atoms with van der Waals surface area (Å²) in [6, 6.07) is 5.49. The van der Waals surface area contributed by atoms with Crippen molar-refractivity contribution in [2.75, 3.05) is 31.1 Å². The molecule has 0 unspecified atom stereocenters. The fourth-order valence-electron chi connectivity index (χ4n) is 1.99. The fraction of sp³-hybridized carbons (Fsp3) is 0.417. The van der Waals surface area contributed by atoms with Gasteiger partial charge in [-0.05, 0) is 24.6 Å². The number of nitrogens with zero attached hydrogens (tertiary/aromatic N) is 1. The fourth-order valence-corrected chi connectivity index (χ4v) is 1.99. The first-order chi connectivity index (χ1) is 7.68. The number of carboxylic acids is 1. The summed E-state index contributed by atoms with van der Waals surface area (Å²) in [7, 11) is 0. The third kappa shape index (κ3) is 2.17. The number of anilines is 1. The van der Waals surface area contributed by atoms with Crippen LogP contribution in [0.3, 0.4) is 0 Å². The van der Waals surface area contributed by atoms with Gasteiger partial charge in [0.05, 0.1) is 11.3 Å². The van der Waals surface area contributed by atoms with E-state index in [-0.39, 0.29) is 0 Å². The molecule has 1 aromatic rings. The van der Waals surface area contributed by atoms with Crippen molar-refractivity contribution in [3.8, 4) is 0 Å². The number of hydrogen-bond donors (Lipinski definition) is 2. The standard InChI is InChI=1S/C12H16N2O2/c1-9-2-3-10(12(15)16)11(8-9)14-6-4-13-5-7-14/h2-3,8,13H,4-7H2,1H3,(H,15,16). The average molecular weight is 220 g/mol. The van der Waals surface area contributed by atoms with Crippen molar-refractivity contribution >= 4 is 11.7 Å². The average Bonchev–Trinajstić information content (AvgIpc) is 2.29. The Morgan fingerprint density at radius 2 is 2.06 bits per heavy atom. The van der Waals surface area contributed by atoms with Crippen LogP contribution in [0, 0.1) is 6.92 Å². The molecule has 86 valence electrons. The molecule has 0 amide bonds. The lowest BCUT2D eigenvalue weighted by Crippen LogP contribution is -2.44. The zero-order valence-electron chi connectivity index (χ0n) is 9.36. The topological polar surface area (TPSA) is 52.6 Å². The zero-order valence-corrected chi connectivity index (χ0v) is 9.36. The number of benzene rings is 1. The van der Waals surface area contributed by atoms with E-state index in [2.05, 4.69) is 10.2 Å². The molecule has 0 bridgehead atoms. The first kappa shape index (κ1) is 11.0. The molecule has 1 fully saturated rings. The van der Waals surface area contributed by atoms with Crippen molar-refractivity contribution in [2.45, 2.75) is 6.92 Å². The maximum atomic E-state index is 11.1. The Hall–Kier alpha value is -1.55. The van der Waals surface area contributed by atoms with E-state index in [0.717, 1.165) is 37.4 Å². The van der Waals surface area contributed by atoms with Gasteiger partial charge in [0.1, 0.15) is 0 Å². The highest BCUT2D eigenvalue weighted by Gasteiger charge is 2.17. The third-order valence-electron chi connectivity index (χ3n) is 2.84. The van der Waals surface area contributed by atoms with Crippen molar-refractivity contribution in [3.05, 3.63) is 29.3 Å². The molecular formula is C12H16N2O2. The minimum Gasteiger partial charge on any atom is -0.478 e. The van der Waals surface area contributed by atoms with Gasteiger partial charge in [-0.2, -0.15) is 0 Å². The summed E-state index contributed by atoms with van der Waals surface area (Å²) in [6.07, 6.45) is 0. The Morgan fingerprint density at radius 3 is 2.69 bits per heavy atom. The van der Waals surface area contributed by atoms with Crippen LogP contribution in [-0.4, -0.2) is 37.3 Å². The smallest absolute Gasteiger partial charge is 0.337 e. The van der Waals surface area contributed by atoms with Crippen LogP contribution in [0.15, 0.2) is 18.2 Å². The Bertz CT molecular complexity index is 398. The number of rotatable bonds is 2. The number of piperazine rings is 1. The molecule has 0 spiro atoms. The van der Waals surface area contributed by atoms with E-state index in [4.69, 9.17) is 5.11 Å². The van der Waals surface area contributed by atoms with Crippen LogP contribution in [0.4, 0.5) is 5.69 Å². The van der Waals surface area contributed by atoms with Crippen LogP contribution in [0.2, 0.25) is 0 Å². The lowest BCUT2D eigenvalue weighted by Gasteiger charge is -2.30. The molecule has 4 nitrogen and oxygen atoms in total. The second-order valence-corrected chi connectivity index (χ2v) is 4.06. The van der Waals surface area contributed by atoms with E-state index < -0.39 is 5.97 Å². The van der Waals surface area contributed by atoms with Crippen LogP contribution < -0.4 is 10.2 Å². The Balaban J connectivity index is 2.36. The summed E-state index contributed by atoms with van der Waals surface area (Å²) < 4.78 is 0. The Morgan fingerprint density at radius 1 is 1.38 bits per heavy atom. The van der Waals surface area contributed by atoms with E-state index in [0.29, 0.717) is 5.56 Å². The first-order valence-electron chi connectivity index (χ1n) is 5.48. The van der Waals surface area contributed by atoms with Crippen molar-refractivity contribution < 1.29 is 9.90 Å². The molecule has 1 aromatic carbocycles. The minimum atomic E-state index is -0.853. The summed E-state index contributed by atoms with van der Waals surface area (Å²) in [6.45, 7) is 5.53. The molecule has 0 aromatic heterocycles. The maximum Gasteiger partial charge on any atom is 0.337 e. The van der Waals surface area contributed by atoms with Crippen molar-refractivity contribution in [3.63, 3.8) is 0 Å². The van der Waals surface area contributed by atoms with E-state index >= 15 is 0 Å². The van der Waals surface area contributed by atoms with Crippen molar-refractivity contribution in [1.82, 2.24) is 5.32 Å². The molecule has 0 aliphatic carbocycles. The van der Waals surface area contributed by atoms with E-state index in [1.54, 1.807) is 6.07 Å². The monoisotopic (exact) mass is 220 g/mol. The molecule has 1 aliphatic heterocycles. The predicted octanol–water partition coefficient (Wildman–Crippen LogP) is 1.10. The van der Waals surface area contributed by atoms with Gasteiger partial charge in [-0.25, -0.2) is 4.79 Å². The number of aryl methyl sites for hydroxylation is 1. The SMILES string of the molecule is Cc1ccc(C(=O)O)c(N2CCNCC2)c1. The number of nitrogens with one attached hydrogen (secondary N) is 1. The molecule has 2 rings (SSSR count). The Kier molecular flexibility index (Phi) is 3.10. The van der Waals surface area contributed by atoms with Crippen molar-refractivity contribution in [2.24, 2.45) is 0 Å². The van der Waals surface area contributed by atoms with Gasteiger partial charge < -0.3 is 15.3 Å². The minimum absolute atomic E-state index is 0.396. The molecule has 2 N–H and O–H groups in total. The Labute approximate surface area is 94.9 Å². The first-order valence-corrected chi connectivity index (χ1v) is 5.48. The number of carbonyl (C=O) groups is 1. The summed E-state index contributed by atoms with van der Waals surface area (Å²) in [4.78, 5) is 13.3.